The molecule has 1 saturated heterocycles. The molecule has 1 aromatic carbocycles. The lowest BCUT2D eigenvalue weighted by Gasteiger charge is -2.25. The number of alkyl carbamates (subject to hydrolysis) is 1. The van der Waals surface area contributed by atoms with E-state index in [1.807, 2.05) is 0 Å². The van der Waals surface area contributed by atoms with Gasteiger partial charge in [-0.15, -0.1) is 0 Å². The van der Waals surface area contributed by atoms with E-state index >= 15 is 4.39 Å². The quantitative estimate of drug-likeness (QED) is 0.264. The van der Waals surface area contributed by atoms with Crippen molar-refractivity contribution in [2.24, 2.45) is 7.05 Å². The number of pyridine rings is 1. The molecule has 1 aliphatic heterocycles. The molecule has 3 N–H and O–H groups in total. The van der Waals surface area contributed by atoms with Crippen LogP contribution in [0.3, 0.4) is 0 Å². The van der Waals surface area contributed by atoms with Gasteiger partial charge in [0, 0.05) is 57.4 Å². The van der Waals surface area contributed by atoms with Gasteiger partial charge >= 0.3 is 6.09 Å². The number of nitrogens with one attached hydrogen (secondary N) is 3. The van der Waals surface area contributed by atoms with Crippen LogP contribution in [0.1, 0.15) is 56.0 Å². The summed E-state index contributed by atoms with van der Waals surface area (Å²) in [7, 11) is 1.70. The fourth-order valence-corrected chi connectivity index (χ4v) is 4.93. The summed E-state index contributed by atoms with van der Waals surface area (Å²) >= 11 is 0. The first-order valence-electron chi connectivity index (χ1n) is 14.6. The number of carbonyl (C=O) groups is 3. The smallest absolute Gasteiger partial charge is 0.407 e. The van der Waals surface area contributed by atoms with E-state index in [9.17, 15) is 18.8 Å². The Morgan fingerprint density at radius 1 is 1.14 bits per heavy atom. The molecule has 0 saturated carbocycles. The molecule has 44 heavy (non-hydrogen) atoms. The minimum atomic E-state index is -0.686. The summed E-state index contributed by atoms with van der Waals surface area (Å²) < 4.78 is 35.6. The van der Waals surface area contributed by atoms with Crippen molar-refractivity contribution in [3.8, 4) is 11.3 Å². The van der Waals surface area contributed by atoms with E-state index in [4.69, 9.17) is 4.74 Å². The van der Waals surface area contributed by atoms with Gasteiger partial charge in [0.2, 0.25) is 5.91 Å². The van der Waals surface area contributed by atoms with Crippen molar-refractivity contribution in [1.29, 1.82) is 0 Å². The molecule has 3 amide bonds. The number of rotatable bonds is 12. The second-order valence-electron chi connectivity index (χ2n) is 11.7. The van der Waals surface area contributed by atoms with Crippen LogP contribution in [0.5, 0.6) is 0 Å². The van der Waals surface area contributed by atoms with Crippen molar-refractivity contribution in [2.75, 3.05) is 31.5 Å². The molecule has 1 aliphatic rings. The number of aryl methyl sites for hydroxylation is 1. The topological polar surface area (TPSA) is 130 Å². The number of benzene rings is 1. The predicted molar refractivity (Wildman–Crippen MR) is 161 cm³/mol. The number of nitrogens with zero attached hydrogens (tertiary/aromatic N) is 4. The summed E-state index contributed by atoms with van der Waals surface area (Å²) in [4.78, 5) is 43.9. The van der Waals surface area contributed by atoms with Crippen LogP contribution in [0, 0.1) is 11.6 Å². The minimum absolute atomic E-state index is 0.00631. The summed E-state index contributed by atoms with van der Waals surface area (Å²) in [5.74, 6) is -1.44. The minimum Gasteiger partial charge on any atom is -0.444 e. The second-order valence-corrected chi connectivity index (χ2v) is 11.7. The van der Waals surface area contributed by atoms with Crippen LogP contribution in [0.25, 0.3) is 11.3 Å². The number of amides is 3. The molecule has 1 atom stereocenters. The third kappa shape index (κ3) is 8.98. The Labute approximate surface area is 255 Å². The van der Waals surface area contributed by atoms with Crippen molar-refractivity contribution in [2.45, 2.75) is 58.1 Å². The number of hydrogen-bond donors (Lipinski definition) is 3. The molecule has 3 aromatic rings. The first kappa shape index (κ1) is 32.4. The molecular formula is C31H39F2N7O4. The predicted octanol–water partition coefficient (Wildman–Crippen LogP) is 4.05. The standard InChI is InChI=1S/C31H39F2N7O4/c1-31(2,3)44-30(43)35-12-6-14-40-23(9-10-26(40)41)18-36-29(42)24-16-25(33)27(21-17-37-39(4)19-21)38-28(24)34-13-11-20-7-5-8-22(32)15-20/h5,7-8,15-17,19,23H,6,9-14,18H2,1-4H3,(H,34,38)(H,35,43)(H,36,42)/t23-/m1/s1. The van der Waals surface area contributed by atoms with Crippen LogP contribution < -0.4 is 16.0 Å². The number of ether oxygens (including phenoxy) is 1. The van der Waals surface area contributed by atoms with Gasteiger partial charge < -0.3 is 25.6 Å². The van der Waals surface area contributed by atoms with Gasteiger partial charge in [-0.05, 0) is 63.8 Å². The number of anilines is 1. The van der Waals surface area contributed by atoms with Gasteiger partial charge in [0.1, 0.15) is 22.9 Å². The molecule has 3 heterocycles. The lowest BCUT2D eigenvalue weighted by atomic mass is 10.1. The van der Waals surface area contributed by atoms with E-state index in [0.717, 1.165) is 11.6 Å². The van der Waals surface area contributed by atoms with Crippen LogP contribution in [0.15, 0.2) is 42.7 Å². The number of aromatic nitrogens is 3. The second kappa shape index (κ2) is 14.3. The number of likely N-dealkylation sites (tertiary alicyclic amines) is 1. The van der Waals surface area contributed by atoms with E-state index < -0.39 is 23.4 Å². The highest BCUT2D eigenvalue weighted by Crippen LogP contribution is 2.26. The molecule has 1 fully saturated rings. The van der Waals surface area contributed by atoms with Crippen molar-refractivity contribution in [3.05, 3.63) is 65.5 Å². The van der Waals surface area contributed by atoms with Gasteiger partial charge in [-0.1, -0.05) is 12.1 Å². The number of carbonyl (C=O) groups excluding carboxylic acids is 3. The van der Waals surface area contributed by atoms with Crippen LogP contribution in [0.4, 0.5) is 19.4 Å². The van der Waals surface area contributed by atoms with Gasteiger partial charge in [0.05, 0.1) is 11.8 Å². The zero-order chi connectivity index (χ0) is 31.9. The molecule has 0 aliphatic carbocycles. The van der Waals surface area contributed by atoms with E-state index in [1.165, 1.54) is 23.0 Å². The van der Waals surface area contributed by atoms with Crippen LogP contribution >= 0.6 is 0 Å². The summed E-state index contributed by atoms with van der Waals surface area (Å²) in [6.07, 6.45) is 4.45. The molecule has 2 aromatic heterocycles. The third-order valence-corrected chi connectivity index (χ3v) is 6.99. The maximum absolute atomic E-state index is 15.3. The molecule has 4 rings (SSSR count). The Hall–Kier alpha value is -4.55. The Morgan fingerprint density at radius 2 is 1.93 bits per heavy atom. The zero-order valence-corrected chi connectivity index (χ0v) is 25.5. The van der Waals surface area contributed by atoms with Gasteiger partial charge in [-0.25, -0.2) is 18.6 Å². The van der Waals surface area contributed by atoms with E-state index in [2.05, 4.69) is 26.0 Å². The molecule has 0 bridgehead atoms. The monoisotopic (exact) mass is 611 g/mol. The fraction of sp³-hybridized carbons (Fsp3) is 0.452. The highest BCUT2D eigenvalue weighted by Gasteiger charge is 2.31. The van der Waals surface area contributed by atoms with E-state index in [0.29, 0.717) is 50.9 Å². The first-order valence-corrected chi connectivity index (χ1v) is 14.6. The Morgan fingerprint density at radius 3 is 2.64 bits per heavy atom. The summed E-state index contributed by atoms with van der Waals surface area (Å²) in [6, 6.07) is 7.09. The molecule has 0 spiro atoms. The number of halogens is 2. The van der Waals surface area contributed by atoms with Crippen LogP contribution in [-0.4, -0.2) is 75.4 Å². The molecule has 236 valence electrons. The summed E-state index contributed by atoms with van der Waals surface area (Å²) in [5.41, 5.74) is 0.644. The van der Waals surface area contributed by atoms with Crippen LogP contribution in [0.2, 0.25) is 0 Å². The van der Waals surface area contributed by atoms with Crippen molar-refractivity contribution < 1.29 is 27.9 Å². The maximum atomic E-state index is 15.3. The Bertz CT molecular complexity index is 1490. The summed E-state index contributed by atoms with van der Waals surface area (Å²) in [6.45, 7) is 6.55. The van der Waals surface area contributed by atoms with Gasteiger partial charge in [-0.3, -0.25) is 14.3 Å². The lowest BCUT2D eigenvalue weighted by molar-refractivity contribution is -0.128. The van der Waals surface area contributed by atoms with Crippen molar-refractivity contribution in [1.82, 2.24) is 30.3 Å². The molecule has 13 heteroatoms. The normalized spacial score (nSPS) is 14.9. The van der Waals surface area contributed by atoms with E-state index in [1.54, 1.807) is 51.0 Å². The largest absolute Gasteiger partial charge is 0.444 e. The molecule has 0 unspecified atom stereocenters. The number of hydrogen-bond acceptors (Lipinski definition) is 7. The fourth-order valence-electron chi connectivity index (χ4n) is 4.93. The van der Waals surface area contributed by atoms with Crippen LogP contribution in [-0.2, 0) is 23.0 Å². The average Bonchev–Trinajstić information content (AvgIpc) is 3.54. The molecule has 0 radical (unpaired) electrons. The molecule has 11 nitrogen and oxygen atoms in total. The van der Waals surface area contributed by atoms with Gasteiger partial charge in [0.25, 0.3) is 5.91 Å². The SMILES string of the molecule is Cn1cc(-c2nc(NCCc3cccc(F)c3)c(C(=O)NC[C@H]3CCC(=O)N3CCCNC(=O)OC(C)(C)C)cc2F)cn1. The third-order valence-electron chi connectivity index (χ3n) is 6.99. The van der Waals surface area contributed by atoms with Crippen molar-refractivity contribution in [3.63, 3.8) is 0 Å². The Kier molecular flexibility index (Phi) is 10.5. The van der Waals surface area contributed by atoms with Gasteiger partial charge in [-0.2, -0.15) is 5.10 Å². The summed E-state index contributed by atoms with van der Waals surface area (Å²) in [5, 5.41) is 12.7. The average molecular weight is 612 g/mol. The highest BCUT2D eigenvalue weighted by atomic mass is 19.1. The van der Waals surface area contributed by atoms with E-state index in [-0.39, 0.29) is 41.4 Å². The first-order chi connectivity index (χ1) is 20.9. The lowest BCUT2D eigenvalue weighted by Crippen LogP contribution is -2.43. The maximum Gasteiger partial charge on any atom is 0.407 e. The molecular weight excluding hydrogens is 572 g/mol. The Balaban J connectivity index is 1.41. The van der Waals surface area contributed by atoms with Crippen molar-refractivity contribution >= 4 is 23.7 Å². The van der Waals surface area contributed by atoms with Gasteiger partial charge in [0.15, 0.2) is 5.82 Å². The zero-order valence-electron chi connectivity index (χ0n) is 25.5. The highest BCUT2D eigenvalue weighted by molar-refractivity contribution is 5.99.